The summed E-state index contributed by atoms with van der Waals surface area (Å²) >= 11 is 0. The summed E-state index contributed by atoms with van der Waals surface area (Å²) in [5, 5.41) is 10.1. The van der Waals surface area contributed by atoms with Gasteiger partial charge >= 0.3 is 0 Å². The Morgan fingerprint density at radius 2 is 1.65 bits per heavy atom. The summed E-state index contributed by atoms with van der Waals surface area (Å²) in [4.78, 5) is 0. The molecule has 2 rings (SSSR count). The zero-order valence-corrected chi connectivity index (χ0v) is 12.0. The predicted octanol–water partition coefficient (Wildman–Crippen LogP) is 4.69. The summed E-state index contributed by atoms with van der Waals surface area (Å²) < 4.78 is 6.04. The quantitative estimate of drug-likeness (QED) is 0.740. The van der Waals surface area contributed by atoms with Crippen LogP contribution in [0.15, 0.2) is 54.6 Å². The number of para-hydroxylation sites is 1. The number of rotatable bonds is 7. The van der Waals surface area contributed by atoms with E-state index in [-0.39, 0.29) is 11.9 Å². The maximum atomic E-state index is 10.1. The van der Waals surface area contributed by atoms with Gasteiger partial charge in [-0.25, -0.2) is 0 Å². The normalized spacial score (nSPS) is 12.2. The molecule has 0 radical (unpaired) electrons. The van der Waals surface area contributed by atoms with Crippen LogP contribution in [0.25, 0.3) is 0 Å². The van der Waals surface area contributed by atoms with E-state index in [9.17, 15) is 5.11 Å². The third kappa shape index (κ3) is 3.84. The third-order valence-electron chi connectivity index (χ3n) is 3.35. The fraction of sp³-hybridized carbons (Fsp3) is 0.333. The molecule has 0 amide bonds. The molecule has 0 aliphatic rings. The molecule has 106 valence electrons. The van der Waals surface area contributed by atoms with Gasteiger partial charge in [0.1, 0.15) is 11.9 Å². The number of hydrogen-bond donors (Lipinski definition) is 1. The molecule has 2 heteroatoms. The lowest BCUT2D eigenvalue weighted by Gasteiger charge is -2.20. The van der Waals surface area contributed by atoms with Gasteiger partial charge in [-0.2, -0.15) is 0 Å². The van der Waals surface area contributed by atoms with Crippen molar-refractivity contribution in [1.82, 2.24) is 0 Å². The Kier molecular flexibility index (Phi) is 5.63. The Bertz CT molecular complexity index is 508. The van der Waals surface area contributed by atoms with E-state index in [0.29, 0.717) is 6.61 Å². The molecule has 0 aromatic heterocycles. The van der Waals surface area contributed by atoms with Crippen LogP contribution in [0.4, 0.5) is 0 Å². The lowest BCUT2D eigenvalue weighted by Crippen LogP contribution is -2.07. The van der Waals surface area contributed by atoms with Crippen LogP contribution in [0.3, 0.4) is 0 Å². The van der Waals surface area contributed by atoms with E-state index in [1.54, 1.807) is 6.07 Å². The van der Waals surface area contributed by atoms with Gasteiger partial charge in [0.05, 0.1) is 0 Å². The highest BCUT2D eigenvalue weighted by Gasteiger charge is 2.17. The Morgan fingerprint density at radius 3 is 2.35 bits per heavy atom. The Morgan fingerprint density at radius 1 is 0.950 bits per heavy atom. The molecule has 0 aliphatic heterocycles. The highest BCUT2D eigenvalue weighted by molar-refractivity contribution is 5.39. The summed E-state index contributed by atoms with van der Waals surface area (Å²) in [5.74, 6) is 0.289. The van der Waals surface area contributed by atoms with E-state index in [1.807, 2.05) is 48.5 Å². The molecule has 0 spiro atoms. The lowest BCUT2D eigenvalue weighted by molar-refractivity contribution is 0.0754. The average Bonchev–Trinajstić information content (AvgIpc) is 2.49. The zero-order valence-electron chi connectivity index (χ0n) is 12.0. The van der Waals surface area contributed by atoms with Gasteiger partial charge in [-0.3, -0.25) is 0 Å². The number of hydrogen-bond acceptors (Lipinski definition) is 2. The number of aromatic hydroxyl groups is 1. The molecule has 2 aromatic carbocycles. The molecule has 0 saturated carbocycles. The molecule has 1 N–H and O–H groups in total. The van der Waals surface area contributed by atoms with Crippen LogP contribution in [0.5, 0.6) is 5.75 Å². The SMILES string of the molecule is CCCCCOC(c1ccccc1)c1ccccc1O. The second-order valence-electron chi connectivity index (χ2n) is 4.93. The highest BCUT2D eigenvalue weighted by atomic mass is 16.5. The number of phenols is 1. The fourth-order valence-corrected chi connectivity index (χ4v) is 2.26. The molecule has 2 nitrogen and oxygen atoms in total. The first-order valence-corrected chi connectivity index (χ1v) is 7.27. The van der Waals surface area contributed by atoms with Gasteiger partial charge in [0, 0.05) is 12.2 Å². The van der Waals surface area contributed by atoms with E-state index < -0.39 is 0 Å². The van der Waals surface area contributed by atoms with Crippen LogP contribution in [0.1, 0.15) is 43.4 Å². The number of phenolic OH excluding ortho intramolecular Hbond substituents is 1. The van der Waals surface area contributed by atoms with E-state index in [0.717, 1.165) is 17.5 Å². The largest absolute Gasteiger partial charge is 0.508 e. The number of ether oxygens (including phenoxy) is 1. The first kappa shape index (κ1) is 14.6. The van der Waals surface area contributed by atoms with Crippen LogP contribution >= 0.6 is 0 Å². The Labute approximate surface area is 121 Å². The predicted molar refractivity (Wildman–Crippen MR) is 81.9 cm³/mol. The van der Waals surface area contributed by atoms with Crippen molar-refractivity contribution in [2.45, 2.75) is 32.3 Å². The van der Waals surface area contributed by atoms with Gasteiger partial charge < -0.3 is 9.84 Å². The van der Waals surface area contributed by atoms with E-state index in [1.165, 1.54) is 12.8 Å². The topological polar surface area (TPSA) is 29.5 Å². The van der Waals surface area contributed by atoms with Gasteiger partial charge in [0.15, 0.2) is 0 Å². The molecule has 2 aromatic rings. The average molecular weight is 270 g/mol. The van der Waals surface area contributed by atoms with Crippen molar-refractivity contribution < 1.29 is 9.84 Å². The van der Waals surface area contributed by atoms with Crippen molar-refractivity contribution in [1.29, 1.82) is 0 Å². The van der Waals surface area contributed by atoms with Crippen molar-refractivity contribution in [3.8, 4) is 5.75 Å². The summed E-state index contributed by atoms with van der Waals surface area (Å²) in [6.07, 6.45) is 3.19. The highest BCUT2D eigenvalue weighted by Crippen LogP contribution is 2.32. The number of unbranched alkanes of at least 4 members (excludes halogenated alkanes) is 2. The fourth-order valence-electron chi connectivity index (χ4n) is 2.26. The van der Waals surface area contributed by atoms with Gasteiger partial charge in [0.25, 0.3) is 0 Å². The summed E-state index contributed by atoms with van der Waals surface area (Å²) in [7, 11) is 0. The van der Waals surface area contributed by atoms with Crippen molar-refractivity contribution in [2.75, 3.05) is 6.61 Å². The van der Waals surface area contributed by atoms with Gasteiger partial charge in [-0.1, -0.05) is 68.3 Å². The second kappa shape index (κ2) is 7.71. The van der Waals surface area contributed by atoms with Crippen molar-refractivity contribution in [2.24, 2.45) is 0 Å². The molecule has 0 bridgehead atoms. The number of benzene rings is 2. The molecule has 0 fully saturated rings. The molecule has 0 heterocycles. The summed E-state index contributed by atoms with van der Waals surface area (Å²) in [5.41, 5.74) is 1.90. The van der Waals surface area contributed by atoms with Crippen molar-refractivity contribution >= 4 is 0 Å². The maximum absolute atomic E-state index is 10.1. The van der Waals surface area contributed by atoms with E-state index in [2.05, 4.69) is 6.92 Å². The van der Waals surface area contributed by atoms with Crippen molar-refractivity contribution in [3.05, 3.63) is 65.7 Å². The van der Waals surface area contributed by atoms with Crippen LogP contribution in [-0.4, -0.2) is 11.7 Å². The smallest absolute Gasteiger partial charge is 0.121 e. The minimum Gasteiger partial charge on any atom is -0.508 e. The summed E-state index contributed by atoms with van der Waals surface area (Å²) in [6, 6.07) is 17.5. The molecule has 0 aliphatic carbocycles. The Hall–Kier alpha value is -1.80. The van der Waals surface area contributed by atoms with Gasteiger partial charge in [0.2, 0.25) is 0 Å². The van der Waals surface area contributed by atoms with Crippen LogP contribution < -0.4 is 0 Å². The Balaban J connectivity index is 2.19. The summed E-state index contributed by atoms with van der Waals surface area (Å²) in [6.45, 7) is 2.89. The molecule has 0 saturated heterocycles. The molecular formula is C18H22O2. The molecule has 20 heavy (non-hydrogen) atoms. The van der Waals surface area contributed by atoms with E-state index >= 15 is 0 Å². The van der Waals surface area contributed by atoms with Crippen LogP contribution in [0, 0.1) is 0 Å². The van der Waals surface area contributed by atoms with Crippen molar-refractivity contribution in [3.63, 3.8) is 0 Å². The van der Waals surface area contributed by atoms with Crippen LogP contribution in [-0.2, 0) is 4.74 Å². The second-order valence-corrected chi connectivity index (χ2v) is 4.93. The van der Waals surface area contributed by atoms with Gasteiger partial charge in [-0.05, 0) is 18.1 Å². The minimum absolute atomic E-state index is 0.200. The first-order valence-electron chi connectivity index (χ1n) is 7.27. The standard InChI is InChI=1S/C18H22O2/c1-2-3-9-14-20-18(15-10-5-4-6-11-15)16-12-7-8-13-17(16)19/h4-8,10-13,18-19H,2-3,9,14H2,1H3. The molecule has 1 atom stereocenters. The van der Waals surface area contributed by atoms with Gasteiger partial charge in [-0.15, -0.1) is 0 Å². The maximum Gasteiger partial charge on any atom is 0.121 e. The lowest BCUT2D eigenvalue weighted by atomic mass is 10.0. The first-order chi connectivity index (χ1) is 9.83. The minimum atomic E-state index is -0.200. The zero-order chi connectivity index (χ0) is 14.2. The van der Waals surface area contributed by atoms with Crippen LogP contribution in [0.2, 0.25) is 0 Å². The monoisotopic (exact) mass is 270 g/mol. The third-order valence-corrected chi connectivity index (χ3v) is 3.35. The molecule has 1 unspecified atom stereocenters. The van der Waals surface area contributed by atoms with E-state index in [4.69, 9.17) is 4.74 Å². The molecular weight excluding hydrogens is 248 g/mol.